The van der Waals surface area contributed by atoms with E-state index < -0.39 is 34.6 Å². The fraction of sp³-hybridized carbons (Fsp3) is 0.333. The van der Waals surface area contributed by atoms with Crippen LogP contribution in [0.2, 0.25) is 0 Å². The zero-order valence-electron chi connectivity index (χ0n) is 18.7. The first-order valence-corrected chi connectivity index (χ1v) is 11.1. The monoisotopic (exact) mass is 460 g/mol. The van der Waals surface area contributed by atoms with Crippen LogP contribution in [0.4, 0.5) is 0 Å². The second kappa shape index (κ2) is 11.7. The topological polar surface area (TPSA) is 88.1 Å². The van der Waals surface area contributed by atoms with Crippen molar-refractivity contribution in [3.63, 3.8) is 0 Å². The summed E-state index contributed by atoms with van der Waals surface area (Å²) in [5.41, 5.74) is 1.37. The molecule has 0 bridgehead atoms. The van der Waals surface area contributed by atoms with Gasteiger partial charge in [-0.3, -0.25) is 0 Å². The summed E-state index contributed by atoms with van der Waals surface area (Å²) in [6.07, 6.45) is 6.03. The normalized spacial score (nSPS) is 18.1. The Balaban J connectivity index is 2.37. The van der Waals surface area contributed by atoms with Crippen LogP contribution in [-0.4, -0.2) is 41.9 Å². The molecule has 1 aromatic rings. The summed E-state index contributed by atoms with van der Waals surface area (Å²) in [5.74, 6) is -2.89. The average Bonchev–Trinajstić information content (AvgIpc) is 2.72. The maximum Gasteiger partial charge on any atom is 0.348 e. The first kappa shape index (κ1) is 25.5. The molecule has 0 saturated carbocycles. The van der Waals surface area contributed by atoms with Gasteiger partial charge in [-0.05, 0) is 43.2 Å². The van der Waals surface area contributed by atoms with Crippen molar-refractivity contribution in [2.45, 2.75) is 44.0 Å². The fourth-order valence-electron chi connectivity index (χ4n) is 2.74. The van der Waals surface area contributed by atoms with Gasteiger partial charge >= 0.3 is 11.9 Å². The minimum absolute atomic E-state index is 0.0135. The largest absolute Gasteiger partial charge is 0.419 e. The first-order valence-electron chi connectivity index (χ1n) is 9.92. The Morgan fingerprint density at radius 1 is 1.19 bits per heavy atom. The maximum atomic E-state index is 12.7. The summed E-state index contributed by atoms with van der Waals surface area (Å²) in [4.78, 5) is 25.1. The summed E-state index contributed by atoms with van der Waals surface area (Å²) in [5, 5.41) is 1.52. The molecular weight excluding hydrogens is 432 g/mol. The van der Waals surface area contributed by atoms with Crippen LogP contribution in [0.25, 0.3) is 0 Å². The molecule has 0 aliphatic carbocycles. The van der Waals surface area contributed by atoms with E-state index in [2.05, 4.69) is 6.58 Å². The van der Waals surface area contributed by atoms with Gasteiger partial charge in [0, 0.05) is 31.3 Å². The number of benzene rings is 1. The van der Waals surface area contributed by atoms with Gasteiger partial charge in [0.2, 0.25) is 0 Å². The van der Waals surface area contributed by atoms with Crippen molar-refractivity contribution in [3.8, 4) is 0 Å². The van der Waals surface area contributed by atoms with Crippen molar-refractivity contribution in [3.05, 3.63) is 77.3 Å². The van der Waals surface area contributed by atoms with Crippen molar-refractivity contribution in [2.75, 3.05) is 13.9 Å². The highest BCUT2D eigenvalue weighted by Gasteiger charge is 2.38. The number of esters is 2. The van der Waals surface area contributed by atoms with Gasteiger partial charge in [-0.15, -0.1) is 6.58 Å². The van der Waals surface area contributed by atoms with E-state index in [1.807, 2.05) is 19.1 Å². The summed E-state index contributed by atoms with van der Waals surface area (Å²) in [7, 11) is 0.0854. The van der Waals surface area contributed by atoms with Crippen LogP contribution in [0.15, 0.2) is 76.6 Å². The molecule has 8 heteroatoms. The van der Waals surface area contributed by atoms with E-state index >= 15 is 0 Å². The number of carbonyl (C=O) groups excluding carboxylic acids is 2. The zero-order chi connectivity index (χ0) is 23.7. The quantitative estimate of drug-likeness (QED) is 0.131. The SMILES string of the molecule is C=CC[C@@H](OCOC)C(/C=C\[S@@](=O)c1ccc(C)cc1)=C\C=C1C(=O)OC(C)(C)OC1=O. The van der Waals surface area contributed by atoms with Crippen LogP contribution in [0.1, 0.15) is 25.8 Å². The molecule has 32 heavy (non-hydrogen) atoms. The van der Waals surface area contributed by atoms with Crippen LogP contribution in [-0.2, 0) is 39.3 Å². The van der Waals surface area contributed by atoms with E-state index in [1.54, 1.807) is 24.3 Å². The molecule has 1 aromatic carbocycles. The van der Waals surface area contributed by atoms with Gasteiger partial charge in [0.05, 0.1) is 16.9 Å². The molecule has 1 saturated heterocycles. The Morgan fingerprint density at radius 2 is 1.81 bits per heavy atom. The molecule has 2 atom stereocenters. The minimum Gasteiger partial charge on any atom is -0.419 e. The Labute approximate surface area is 190 Å². The van der Waals surface area contributed by atoms with E-state index in [1.165, 1.54) is 38.5 Å². The number of carbonyl (C=O) groups is 2. The third-order valence-corrected chi connectivity index (χ3v) is 5.46. The molecule has 0 aromatic heterocycles. The van der Waals surface area contributed by atoms with Crippen LogP contribution >= 0.6 is 0 Å². The number of allylic oxidation sites excluding steroid dienone is 2. The van der Waals surface area contributed by atoms with Gasteiger partial charge in [0.1, 0.15) is 12.4 Å². The lowest BCUT2D eigenvalue weighted by Crippen LogP contribution is -2.41. The Hall–Kier alpha value is -2.81. The van der Waals surface area contributed by atoms with Gasteiger partial charge < -0.3 is 18.9 Å². The summed E-state index contributed by atoms with van der Waals surface area (Å²) in [6.45, 7) is 8.65. The molecule has 0 amide bonds. The maximum absolute atomic E-state index is 12.7. The molecule has 0 N–H and O–H groups in total. The molecule has 2 rings (SSSR count). The molecular formula is C24H28O7S. The Morgan fingerprint density at radius 3 is 2.38 bits per heavy atom. The standard InChI is InChI=1S/C24H28O7S/c1-6-7-21(29-16-28-5)18(14-15-32(27)19-11-8-17(2)9-12-19)10-13-20-22(25)30-24(3,4)31-23(20)26/h6,8-15,21H,1,7,16H2,2-5H3/b15-14-,18-10-/t21-,32-/m1/s1. The number of cyclic esters (lactones) is 2. The number of hydrogen-bond donors (Lipinski definition) is 0. The van der Waals surface area contributed by atoms with E-state index in [0.29, 0.717) is 16.9 Å². The van der Waals surface area contributed by atoms with Gasteiger partial charge in [0.25, 0.3) is 5.79 Å². The summed E-state index contributed by atoms with van der Waals surface area (Å²) in [6, 6.07) is 7.34. The molecule has 1 fully saturated rings. The van der Waals surface area contributed by atoms with Crippen molar-refractivity contribution in [2.24, 2.45) is 0 Å². The van der Waals surface area contributed by atoms with E-state index in [4.69, 9.17) is 18.9 Å². The second-order valence-electron chi connectivity index (χ2n) is 7.43. The molecule has 1 aliphatic rings. The first-order chi connectivity index (χ1) is 15.2. The highest BCUT2D eigenvalue weighted by Crippen LogP contribution is 2.23. The van der Waals surface area contributed by atoms with Gasteiger partial charge in [-0.25, -0.2) is 13.8 Å². The number of methoxy groups -OCH3 is 1. The lowest BCUT2D eigenvalue weighted by atomic mass is 10.0. The molecule has 0 radical (unpaired) electrons. The zero-order valence-corrected chi connectivity index (χ0v) is 19.5. The summed E-state index contributed by atoms with van der Waals surface area (Å²) < 4.78 is 33.6. The highest BCUT2D eigenvalue weighted by molar-refractivity contribution is 7.88. The van der Waals surface area contributed by atoms with Gasteiger partial charge in [-0.1, -0.05) is 29.8 Å². The number of ether oxygens (including phenoxy) is 4. The molecule has 0 spiro atoms. The van der Waals surface area contributed by atoms with Crippen molar-refractivity contribution in [1.29, 1.82) is 0 Å². The minimum atomic E-state index is -1.41. The van der Waals surface area contributed by atoms with Crippen molar-refractivity contribution >= 4 is 22.7 Å². The average molecular weight is 461 g/mol. The molecule has 1 aliphatic heterocycles. The molecule has 1 heterocycles. The van der Waals surface area contributed by atoms with Crippen LogP contribution < -0.4 is 0 Å². The molecule has 172 valence electrons. The van der Waals surface area contributed by atoms with Crippen molar-refractivity contribution in [1.82, 2.24) is 0 Å². The highest BCUT2D eigenvalue weighted by atomic mass is 32.2. The smallest absolute Gasteiger partial charge is 0.348 e. The summed E-state index contributed by atoms with van der Waals surface area (Å²) >= 11 is 0. The van der Waals surface area contributed by atoms with Crippen LogP contribution in [0.5, 0.6) is 0 Å². The molecule has 0 unspecified atom stereocenters. The van der Waals surface area contributed by atoms with Gasteiger partial charge in [0.15, 0.2) is 0 Å². The van der Waals surface area contributed by atoms with E-state index in [0.717, 1.165) is 5.56 Å². The predicted octanol–water partition coefficient (Wildman–Crippen LogP) is 3.87. The van der Waals surface area contributed by atoms with E-state index in [-0.39, 0.29) is 12.4 Å². The van der Waals surface area contributed by atoms with Crippen LogP contribution in [0, 0.1) is 6.92 Å². The molecule has 7 nitrogen and oxygen atoms in total. The van der Waals surface area contributed by atoms with E-state index in [9.17, 15) is 13.8 Å². The van der Waals surface area contributed by atoms with Crippen LogP contribution in [0.3, 0.4) is 0 Å². The van der Waals surface area contributed by atoms with Gasteiger partial charge in [-0.2, -0.15) is 0 Å². The predicted molar refractivity (Wildman–Crippen MR) is 121 cm³/mol. The second-order valence-corrected chi connectivity index (χ2v) is 8.76. The number of aryl methyl sites for hydroxylation is 1. The Bertz CT molecular complexity index is 933. The number of rotatable bonds is 10. The lowest BCUT2D eigenvalue weighted by Gasteiger charge is -2.29. The van der Waals surface area contributed by atoms with Crippen molar-refractivity contribution < 1.29 is 32.7 Å². The fourth-order valence-corrected chi connectivity index (χ4v) is 3.58. The number of hydrogen-bond acceptors (Lipinski definition) is 7. The lowest BCUT2D eigenvalue weighted by molar-refractivity contribution is -0.222. The third kappa shape index (κ3) is 7.40. The third-order valence-electron chi connectivity index (χ3n) is 4.34. The Kier molecular flexibility index (Phi) is 9.31.